The molecule has 1 amide bonds. The molecule has 0 aliphatic heterocycles. The summed E-state index contributed by atoms with van der Waals surface area (Å²) in [6, 6.07) is 11.0. The summed E-state index contributed by atoms with van der Waals surface area (Å²) in [6.07, 6.45) is 1.63. The number of hydrogen-bond donors (Lipinski definition) is 2. The number of benzene rings is 2. The number of anilines is 1. The normalized spacial score (nSPS) is 11.1. The van der Waals surface area contributed by atoms with Crippen LogP contribution < -0.4 is 10.0 Å². The molecule has 2 N–H and O–H groups in total. The summed E-state index contributed by atoms with van der Waals surface area (Å²) in [4.78, 5) is 22.5. The van der Waals surface area contributed by atoms with Crippen LogP contribution in [0.4, 0.5) is 11.4 Å². The summed E-state index contributed by atoms with van der Waals surface area (Å²) in [5.74, 6) is -0.523. The van der Waals surface area contributed by atoms with E-state index in [2.05, 4.69) is 10.0 Å². The molecule has 0 bridgehead atoms. The molecule has 26 heavy (non-hydrogen) atoms. The molecule has 0 aliphatic rings. The van der Waals surface area contributed by atoms with Gasteiger partial charge in [-0.2, -0.15) is 0 Å². The molecule has 0 heterocycles. The van der Waals surface area contributed by atoms with Gasteiger partial charge in [0.25, 0.3) is 11.6 Å². The van der Waals surface area contributed by atoms with Gasteiger partial charge in [0.1, 0.15) is 0 Å². The number of sulfonamides is 1. The van der Waals surface area contributed by atoms with Gasteiger partial charge in [0.2, 0.25) is 10.0 Å². The van der Waals surface area contributed by atoms with Crippen LogP contribution in [0.2, 0.25) is 0 Å². The zero-order valence-electron chi connectivity index (χ0n) is 14.1. The summed E-state index contributed by atoms with van der Waals surface area (Å²) in [7, 11) is -3.58. The molecular weight excluding hydrogens is 358 g/mol. The Morgan fingerprint density at radius 1 is 1.15 bits per heavy atom. The quantitative estimate of drug-likeness (QED) is 0.416. The van der Waals surface area contributed by atoms with Crippen molar-refractivity contribution in [1.29, 1.82) is 0 Å². The number of unbranched alkanes of at least 4 members (excludes halogenated alkanes) is 1. The molecule has 0 unspecified atom stereocenters. The van der Waals surface area contributed by atoms with E-state index in [0.29, 0.717) is 12.2 Å². The monoisotopic (exact) mass is 377 g/mol. The number of nitro groups is 1. The molecule has 0 spiro atoms. The van der Waals surface area contributed by atoms with Crippen molar-refractivity contribution in [3.8, 4) is 0 Å². The largest absolute Gasteiger partial charge is 0.322 e. The third kappa shape index (κ3) is 5.11. The number of carbonyl (C=O) groups is 1. The van der Waals surface area contributed by atoms with Gasteiger partial charge in [0.05, 0.1) is 9.82 Å². The van der Waals surface area contributed by atoms with Crippen LogP contribution >= 0.6 is 0 Å². The molecule has 2 aromatic rings. The van der Waals surface area contributed by atoms with Crippen molar-refractivity contribution in [2.24, 2.45) is 0 Å². The number of carbonyl (C=O) groups excluding carboxylic acids is 1. The second-order valence-corrected chi connectivity index (χ2v) is 7.30. The smallest absolute Gasteiger partial charge is 0.270 e. The number of non-ortho nitro benzene ring substituents is 1. The van der Waals surface area contributed by atoms with E-state index in [-0.39, 0.29) is 16.1 Å². The highest BCUT2D eigenvalue weighted by atomic mass is 32.2. The topological polar surface area (TPSA) is 118 Å². The standard InChI is InChI=1S/C17H19N3O5S/c1-2-3-11-18-26(24,25)16-9-7-14(8-10-16)19-17(21)13-5-4-6-15(12-13)20(22)23/h4-10,12,18H,2-3,11H2,1H3,(H,19,21). The second kappa shape index (κ2) is 8.54. The van der Waals surface area contributed by atoms with Gasteiger partial charge in [-0.1, -0.05) is 19.4 Å². The minimum Gasteiger partial charge on any atom is -0.322 e. The first kappa shape index (κ1) is 19.5. The SMILES string of the molecule is CCCCNS(=O)(=O)c1ccc(NC(=O)c2cccc([N+](=O)[O-])c2)cc1. The lowest BCUT2D eigenvalue weighted by Gasteiger charge is -2.08. The highest BCUT2D eigenvalue weighted by Crippen LogP contribution is 2.17. The van der Waals surface area contributed by atoms with Crippen molar-refractivity contribution in [3.63, 3.8) is 0 Å². The van der Waals surface area contributed by atoms with Crippen LogP contribution in [0.1, 0.15) is 30.1 Å². The van der Waals surface area contributed by atoms with Gasteiger partial charge in [0.15, 0.2) is 0 Å². The maximum absolute atomic E-state index is 12.2. The molecule has 0 aromatic heterocycles. The Kier molecular flexibility index (Phi) is 6.42. The lowest BCUT2D eigenvalue weighted by Crippen LogP contribution is -2.24. The number of nitro benzene ring substituents is 1. The van der Waals surface area contributed by atoms with Gasteiger partial charge in [-0.05, 0) is 36.8 Å². The Bertz CT molecular complexity index is 895. The van der Waals surface area contributed by atoms with Crippen molar-refractivity contribution in [2.45, 2.75) is 24.7 Å². The number of rotatable bonds is 8. The van der Waals surface area contributed by atoms with Crippen LogP contribution in [0.3, 0.4) is 0 Å². The predicted octanol–water partition coefficient (Wildman–Crippen LogP) is 2.93. The Hall–Kier alpha value is -2.78. The molecular formula is C17H19N3O5S. The van der Waals surface area contributed by atoms with Crippen LogP contribution in [0.15, 0.2) is 53.4 Å². The van der Waals surface area contributed by atoms with E-state index in [1.54, 1.807) is 0 Å². The zero-order chi connectivity index (χ0) is 19.2. The van der Waals surface area contributed by atoms with E-state index < -0.39 is 20.9 Å². The van der Waals surface area contributed by atoms with E-state index in [1.165, 1.54) is 48.5 Å². The zero-order valence-corrected chi connectivity index (χ0v) is 15.0. The first-order valence-electron chi connectivity index (χ1n) is 7.99. The van der Waals surface area contributed by atoms with Crippen molar-refractivity contribution in [1.82, 2.24) is 4.72 Å². The lowest BCUT2D eigenvalue weighted by molar-refractivity contribution is -0.384. The molecule has 0 aliphatic carbocycles. The van der Waals surface area contributed by atoms with Gasteiger partial charge in [-0.15, -0.1) is 0 Å². The number of nitrogens with zero attached hydrogens (tertiary/aromatic N) is 1. The fraction of sp³-hybridized carbons (Fsp3) is 0.235. The highest BCUT2D eigenvalue weighted by Gasteiger charge is 2.14. The third-order valence-corrected chi connectivity index (χ3v) is 5.04. The number of hydrogen-bond acceptors (Lipinski definition) is 5. The molecule has 0 saturated heterocycles. The van der Waals surface area contributed by atoms with Crippen LogP contribution in [0.5, 0.6) is 0 Å². The molecule has 138 valence electrons. The first-order valence-corrected chi connectivity index (χ1v) is 9.47. The first-order chi connectivity index (χ1) is 12.3. The Labute approximate surface area is 151 Å². The van der Waals surface area contributed by atoms with Crippen LogP contribution in [0.25, 0.3) is 0 Å². The molecule has 2 aromatic carbocycles. The molecule has 0 radical (unpaired) electrons. The molecule has 0 fully saturated rings. The van der Waals surface area contributed by atoms with Gasteiger partial charge in [0, 0.05) is 29.9 Å². The Morgan fingerprint density at radius 3 is 2.46 bits per heavy atom. The Balaban J connectivity index is 2.08. The molecule has 8 nitrogen and oxygen atoms in total. The average Bonchev–Trinajstić information content (AvgIpc) is 2.62. The van der Waals surface area contributed by atoms with Crippen molar-refractivity contribution >= 4 is 27.3 Å². The molecule has 9 heteroatoms. The van der Waals surface area contributed by atoms with E-state index in [9.17, 15) is 23.3 Å². The Morgan fingerprint density at radius 2 is 1.85 bits per heavy atom. The van der Waals surface area contributed by atoms with E-state index in [1.807, 2.05) is 6.92 Å². The average molecular weight is 377 g/mol. The van der Waals surface area contributed by atoms with Gasteiger partial charge in [-0.25, -0.2) is 13.1 Å². The summed E-state index contributed by atoms with van der Waals surface area (Å²) in [5, 5.41) is 13.3. The minimum absolute atomic E-state index is 0.0990. The molecule has 0 saturated carbocycles. The highest BCUT2D eigenvalue weighted by molar-refractivity contribution is 7.89. The lowest BCUT2D eigenvalue weighted by atomic mass is 10.2. The van der Waals surface area contributed by atoms with Gasteiger partial charge < -0.3 is 5.32 Å². The molecule has 0 atom stereocenters. The van der Waals surface area contributed by atoms with Crippen LogP contribution in [-0.4, -0.2) is 25.8 Å². The third-order valence-electron chi connectivity index (χ3n) is 3.56. The van der Waals surface area contributed by atoms with E-state index in [4.69, 9.17) is 0 Å². The van der Waals surface area contributed by atoms with Gasteiger partial charge in [-0.3, -0.25) is 14.9 Å². The van der Waals surface area contributed by atoms with E-state index >= 15 is 0 Å². The van der Waals surface area contributed by atoms with Gasteiger partial charge >= 0.3 is 0 Å². The van der Waals surface area contributed by atoms with Crippen molar-refractivity contribution < 1.29 is 18.1 Å². The fourth-order valence-electron chi connectivity index (χ4n) is 2.15. The predicted molar refractivity (Wildman–Crippen MR) is 97.6 cm³/mol. The maximum Gasteiger partial charge on any atom is 0.270 e. The maximum atomic E-state index is 12.2. The van der Waals surface area contributed by atoms with Crippen LogP contribution in [-0.2, 0) is 10.0 Å². The van der Waals surface area contributed by atoms with E-state index in [0.717, 1.165) is 12.8 Å². The number of amides is 1. The summed E-state index contributed by atoms with van der Waals surface area (Å²) in [5.41, 5.74) is 0.336. The second-order valence-electron chi connectivity index (χ2n) is 5.54. The van der Waals surface area contributed by atoms with Crippen LogP contribution in [0, 0.1) is 10.1 Å². The molecule has 2 rings (SSSR count). The van der Waals surface area contributed by atoms with Crippen molar-refractivity contribution in [3.05, 3.63) is 64.2 Å². The van der Waals surface area contributed by atoms with Crippen molar-refractivity contribution in [2.75, 3.05) is 11.9 Å². The summed E-state index contributed by atoms with van der Waals surface area (Å²) >= 11 is 0. The number of nitrogens with one attached hydrogen (secondary N) is 2. The summed E-state index contributed by atoms with van der Waals surface area (Å²) in [6.45, 7) is 2.33. The fourth-order valence-corrected chi connectivity index (χ4v) is 3.22. The minimum atomic E-state index is -3.58. The summed E-state index contributed by atoms with van der Waals surface area (Å²) < 4.78 is 26.7.